The number of aromatic nitrogens is 1. The molecule has 0 spiro atoms. The molecule has 2 aliphatic rings. The highest BCUT2D eigenvalue weighted by Gasteiger charge is 2.36. The minimum absolute atomic E-state index is 0.0392. The fourth-order valence-corrected chi connectivity index (χ4v) is 3.71. The van der Waals surface area contributed by atoms with Gasteiger partial charge in [-0.2, -0.15) is 0 Å². The molecule has 2 aromatic carbocycles. The summed E-state index contributed by atoms with van der Waals surface area (Å²) in [7, 11) is 0. The lowest BCUT2D eigenvalue weighted by atomic mass is 10.1. The second kappa shape index (κ2) is 8.33. The summed E-state index contributed by atoms with van der Waals surface area (Å²) < 4.78 is 34.9. The van der Waals surface area contributed by atoms with Crippen LogP contribution in [0.15, 0.2) is 53.1 Å². The number of nitrogens with zero attached hydrogens (tertiary/aromatic N) is 2. The summed E-state index contributed by atoms with van der Waals surface area (Å²) in [6, 6.07) is 12.7. The van der Waals surface area contributed by atoms with Crippen LogP contribution in [0.1, 0.15) is 12.1 Å². The molecular weight excluding hydrogens is 419 g/mol. The quantitative estimate of drug-likeness (QED) is 0.564. The van der Waals surface area contributed by atoms with Crippen LogP contribution in [0.25, 0.3) is 11.3 Å². The van der Waals surface area contributed by atoms with Crippen molar-refractivity contribution in [3.05, 3.63) is 60.0 Å². The highest BCUT2D eigenvalue weighted by atomic mass is 19.1. The molecule has 0 radical (unpaired) electrons. The largest absolute Gasteiger partial charge is 0.486 e. The first-order valence-corrected chi connectivity index (χ1v) is 10.1. The van der Waals surface area contributed by atoms with Crippen molar-refractivity contribution in [2.45, 2.75) is 13.0 Å². The molecule has 0 aliphatic carbocycles. The zero-order valence-corrected chi connectivity index (χ0v) is 17.0. The van der Waals surface area contributed by atoms with Crippen molar-refractivity contribution < 1.29 is 32.7 Å². The normalized spacial score (nSPS) is 17.5. The molecule has 1 aromatic heterocycles. The summed E-state index contributed by atoms with van der Waals surface area (Å²) >= 11 is 0. The van der Waals surface area contributed by atoms with Crippen molar-refractivity contribution in [2.75, 3.05) is 24.7 Å². The molecule has 164 valence electrons. The topological polar surface area (TPSA) is 91.1 Å². The van der Waals surface area contributed by atoms with Gasteiger partial charge in [0.25, 0.3) is 0 Å². The number of carbonyl (C=O) groups excluding carboxylic acids is 2. The van der Waals surface area contributed by atoms with Gasteiger partial charge in [-0.25, -0.2) is 4.39 Å². The number of amides is 1. The van der Waals surface area contributed by atoms with Gasteiger partial charge in [0.05, 0.1) is 5.92 Å². The highest BCUT2D eigenvalue weighted by molar-refractivity contribution is 5.99. The standard InChI is InChI=1S/C23H19FN2O6/c24-16-2-4-18(5-3-16)26-12-15(10-22(26)27)23(28)31-13-17-11-20(32-25-17)14-1-6-19-21(9-14)30-8-7-29-19/h1-6,9,11,15H,7-8,10,12-13H2. The number of carbonyl (C=O) groups is 2. The molecule has 1 atom stereocenters. The van der Waals surface area contributed by atoms with Crippen molar-refractivity contribution in [2.24, 2.45) is 5.92 Å². The van der Waals surface area contributed by atoms with E-state index in [2.05, 4.69) is 5.16 Å². The van der Waals surface area contributed by atoms with Gasteiger partial charge in [-0.3, -0.25) is 9.59 Å². The molecule has 3 heterocycles. The molecular formula is C23H19FN2O6. The Labute approximate surface area is 182 Å². The molecule has 0 N–H and O–H groups in total. The Balaban J connectivity index is 1.19. The summed E-state index contributed by atoms with van der Waals surface area (Å²) in [5.41, 5.74) is 1.76. The van der Waals surface area contributed by atoms with Crippen LogP contribution < -0.4 is 14.4 Å². The van der Waals surface area contributed by atoms with Crippen LogP contribution in [0.5, 0.6) is 11.5 Å². The zero-order valence-electron chi connectivity index (χ0n) is 17.0. The van der Waals surface area contributed by atoms with Crippen molar-refractivity contribution in [3.8, 4) is 22.8 Å². The Hall–Kier alpha value is -3.88. The van der Waals surface area contributed by atoms with Gasteiger partial charge in [-0.05, 0) is 42.5 Å². The summed E-state index contributed by atoms with van der Waals surface area (Å²) in [5, 5.41) is 3.95. The van der Waals surface area contributed by atoms with Gasteiger partial charge in [-0.1, -0.05) is 5.16 Å². The third kappa shape index (κ3) is 4.01. The van der Waals surface area contributed by atoms with E-state index in [-0.39, 0.29) is 31.3 Å². The summed E-state index contributed by atoms with van der Waals surface area (Å²) in [4.78, 5) is 26.2. The molecule has 2 aliphatic heterocycles. The smallest absolute Gasteiger partial charge is 0.311 e. The van der Waals surface area contributed by atoms with Gasteiger partial charge in [0, 0.05) is 30.3 Å². The average Bonchev–Trinajstić information content (AvgIpc) is 3.45. The van der Waals surface area contributed by atoms with E-state index in [0.717, 1.165) is 5.56 Å². The lowest BCUT2D eigenvalue weighted by Gasteiger charge is -2.18. The van der Waals surface area contributed by atoms with E-state index in [1.54, 1.807) is 18.2 Å². The van der Waals surface area contributed by atoms with Crippen LogP contribution in [0.2, 0.25) is 0 Å². The summed E-state index contributed by atoms with van der Waals surface area (Å²) in [6.07, 6.45) is 0.0392. The minimum Gasteiger partial charge on any atom is -0.486 e. The second-order valence-corrected chi connectivity index (χ2v) is 7.53. The fourth-order valence-electron chi connectivity index (χ4n) is 3.71. The monoisotopic (exact) mass is 438 g/mol. The molecule has 0 saturated carbocycles. The van der Waals surface area contributed by atoms with Crippen molar-refractivity contribution in [1.29, 1.82) is 0 Å². The van der Waals surface area contributed by atoms with Crippen molar-refractivity contribution in [1.82, 2.24) is 5.16 Å². The van der Waals surface area contributed by atoms with Gasteiger partial charge in [0.1, 0.15) is 31.3 Å². The third-order valence-corrected chi connectivity index (χ3v) is 5.34. The number of rotatable bonds is 5. The molecule has 5 rings (SSSR count). The van der Waals surface area contributed by atoms with Crippen molar-refractivity contribution >= 4 is 17.6 Å². The van der Waals surface area contributed by atoms with E-state index in [9.17, 15) is 14.0 Å². The molecule has 1 amide bonds. The number of fused-ring (bicyclic) bond motifs is 1. The Morgan fingerprint density at radius 1 is 1.09 bits per heavy atom. The lowest BCUT2D eigenvalue weighted by Crippen LogP contribution is -2.26. The van der Waals surface area contributed by atoms with Crippen LogP contribution in [0.3, 0.4) is 0 Å². The zero-order chi connectivity index (χ0) is 22.1. The SMILES string of the molecule is O=C(OCc1cc(-c2ccc3c(c2)OCCO3)on1)C1CC(=O)N(c2ccc(F)cc2)C1. The molecule has 32 heavy (non-hydrogen) atoms. The van der Waals surface area contributed by atoms with Gasteiger partial charge >= 0.3 is 5.97 Å². The molecule has 1 saturated heterocycles. The first-order chi connectivity index (χ1) is 15.6. The Morgan fingerprint density at radius 3 is 2.69 bits per heavy atom. The first-order valence-electron chi connectivity index (χ1n) is 10.1. The summed E-state index contributed by atoms with van der Waals surface area (Å²) in [5.74, 6) is 0.125. The molecule has 9 heteroatoms. The number of benzene rings is 2. The number of hydrogen-bond acceptors (Lipinski definition) is 7. The van der Waals surface area contributed by atoms with Crippen LogP contribution in [-0.2, 0) is 20.9 Å². The van der Waals surface area contributed by atoms with Gasteiger partial charge < -0.3 is 23.6 Å². The molecule has 3 aromatic rings. The minimum atomic E-state index is -0.600. The first kappa shape index (κ1) is 20.0. The molecule has 8 nitrogen and oxygen atoms in total. The van der Waals surface area contributed by atoms with Crippen LogP contribution in [0, 0.1) is 11.7 Å². The number of hydrogen-bond donors (Lipinski definition) is 0. The maximum absolute atomic E-state index is 13.1. The van der Waals surface area contributed by atoms with E-state index in [1.165, 1.54) is 29.2 Å². The third-order valence-electron chi connectivity index (χ3n) is 5.34. The number of anilines is 1. The number of ether oxygens (including phenoxy) is 3. The van der Waals surface area contributed by atoms with Gasteiger partial charge in [0.15, 0.2) is 17.3 Å². The Morgan fingerprint density at radius 2 is 1.88 bits per heavy atom. The fraction of sp³-hybridized carbons (Fsp3) is 0.261. The Kier molecular flexibility index (Phi) is 5.22. The molecule has 0 bridgehead atoms. The summed E-state index contributed by atoms with van der Waals surface area (Å²) in [6.45, 7) is 1.10. The van der Waals surface area contributed by atoms with E-state index in [4.69, 9.17) is 18.7 Å². The van der Waals surface area contributed by atoms with Crippen LogP contribution in [0.4, 0.5) is 10.1 Å². The maximum Gasteiger partial charge on any atom is 0.311 e. The van der Waals surface area contributed by atoms with Crippen LogP contribution >= 0.6 is 0 Å². The van der Waals surface area contributed by atoms with Gasteiger partial charge in [-0.15, -0.1) is 0 Å². The second-order valence-electron chi connectivity index (χ2n) is 7.53. The number of halogens is 1. The van der Waals surface area contributed by atoms with Crippen LogP contribution in [-0.4, -0.2) is 36.8 Å². The predicted molar refractivity (Wildman–Crippen MR) is 110 cm³/mol. The highest BCUT2D eigenvalue weighted by Crippen LogP contribution is 2.34. The number of esters is 1. The van der Waals surface area contributed by atoms with E-state index in [0.29, 0.717) is 41.9 Å². The molecule has 1 fully saturated rings. The van der Waals surface area contributed by atoms with E-state index < -0.39 is 11.9 Å². The average molecular weight is 438 g/mol. The van der Waals surface area contributed by atoms with E-state index >= 15 is 0 Å². The predicted octanol–water partition coefficient (Wildman–Crippen LogP) is 3.35. The maximum atomic E-state index is 13.1. The van der Waals surface area contributed by atoms with E-state index in [1.807, 2.05) is 6.07 Å². The van der Waals surface area contributed by atoms with Gasteiger partial charge in [0.2, 0.25) is 5.91 Å². The molecule has 1 unspecified atom stereocenters. The van der Waals surface area contributed by atoms with Crippen molar-refractivity contribution in [3.63, 3.8) is 0 Å². The Bertz CT molecular complexity index is 1160. The lowest BCUT2D eigenvalue weighted by molar-refractivity contribution is -0.149.